The van der Waals surface area contributed by atoms with E-state index in [9.17, 15) is 4.79 Å². The number of aliphatic carboxylic acids is 1. The van der Waals surface area contributed by atoms with Crippen LogP contribution >= 0.6 is 0 Å². The molecular weight excluding hydrogens is 431 g/mol. The first-order valence-corrected chi connectivity index (χ1v) is 13.3. The summed E-state index contributed by atoms with van der Waals surface area (Å²) in [5, 5.41) is 12.4. The van der Waals surface area contributed by atoms with Crippen LogP contribution in [-0.2, 0) is 20.7 Å². The summed E-state index contributed by atoms with van der Waals surface area (Å²) >= 11 is 0. The van der Waals surface area contributed by atoms with Crippen molar-refractivity contribution in [2.45, 2.75) is 45.5 Å². The molecule has 0 aliphatic carbocycles. The van der Waals surface area contributed by atoms with Crippen LogP contribution in [0.1, 0.15) is 26.3 Å². The van der Waals surface area contributed by atoms with E-state index in [0.29, 0.717) is 41.4 Å². The molecule has 32 heavy (non-hydrogen) atoms. The highest BCUT2D eigenvalue weighted by molar-refractivity contribution is 6.74. The summed E-state index contributed by atoms with van der Waals surface area (Å²) < 4.78 is 21.4. The molecule has 1 aromatic carbocycles. The van der Waals surface area contributed by atoms with Gasteiger partial charge in [-0.1, -0.05) is 44.1 Å². The standard InChI is InChI=1S/C22H29FN4O4Si/c1-22(2,3)32(4,5)31-13-15-7-6-8-18(20(15)23)16-9-24-21(25-10-16)27-11-17(12-27)26-30-14-19(28)29/h6-10H,11-14H2,1-5H3,(H,28,29). The van der Waals surface area contributed by atoms with Crippen LogP contribution in [0.3, 0.4) is 0 Å². The van der Waals surface area contributed by atoms with E-state index in [2.05, 4.69) is 49.0 Å². The number of carboxylic acids is 1. The first-order chi connectivity index (χ1) is 15.0. The molecular formula is C22H29FN4O4Si. The number of nitrogens with zero attached hydrogens (tertiary/aromatic N) is 4. The zero-order valence-corrected chi connectivity index (χ0v) is 20.1. The van der Waals surface area contributed by atoms with E-state index in [4.69, 9.17) is 14.4 Å². The highest BCUT2D eigenvalue weighted by atomic mass is 28.4. The monoisotopic (exact) mass is 460 g/mol. The van der Waals surface area contributed by atoms with Crippen molar-refractivity contribution in [1.29, 1.82) is 0 Å². The van der Waals surface area contributed by atoms with Crippen LogP contribution in [0.25, 0.3) is 11.1 Å². The molecule has 8 nitrogen and oxygen atoms in total. The fourth-order valence-electron chi connectivity index (χ4n) is 2.78. The molecule has 0 saturated carbocycles. The maximum atomic E-state index is 15.2. The summed E-state index contributed by atoms with van der Waals surface area (Å²) in [6.45, 7) is 11.4. The average Bonchev–Trinajstić information content (AvgIpc) is 2.68. The second-order valence-corrected chi connectivity index (χ2v) is 14.1. The molecule has 2 heterocycles. The highest BCUT2D eigenvalue weighted by Gasteiger charge is 2.37. The Balaban J connectivity index is 1.65. The fraction of sp³-hybridized carbons (Fsp3) is 0.455. The third-order valence-electron chi connectivity index (χ3n) is 5.83. The first-order valence-electron chi connectivity index (χ1n) is 10.4. The average molecular weight is 461 g/mol. The number of halogens is 1. The van der Waals surface area contributed by atoms with Gasteiger partial charge in [0.05, 0.1) is 25.4 Å². The Morgan fingerprint density at radius 2 is 1.91 bits per heavy atom. The molecule has 1 aliphatic rings. The SMILES string of the molecule is CC(C)(C)[Si](C)(C)OCc1cccc(-c2cnc(N3CC(=NOCC(=O)O)C3)nc2)c1F. The van der Waals surface area contributed by atoms with Crippen molar-refractivity contribution in [3.8, 4) is 11.1 Å². The molecule has 1 saturated heterocycles. The number of hydrogen-bond acceptors (Lipinski definition) is 7. The van der Waals surface area contributed by atoms with Gasteiger partial charge < -0.3 is 19.3 Å². The lowest BCUT2D eigenvalue weighted by Crippen LogP contribution is -2.48. The number of benzene rings is 1. The van der Waals surface area contributed by atoms with Crippen LogP contribution in [0, 0.1) is 5.82 Å². The van der Waals surface area contributed by atoms with Crippen molar-refractivity contribution in [1.82, 2.24) is 9.97 Å². The topological polar surface area (TPSA) is 97.1 Å². The van der Waals surface area contributed by atoms with Crippen molar-refractivity contribution >= 4 is 25.9 Å². The lowest BCUT2D eigenvalue weighted by Gasteiger charge is -2.36. The maximum absolute atomic E-state index is 15.2. The van der Waals surface area contributed by atoms with Crippen molar-refractivity contribution < 1.29 is 23.6 Å². The predicted octanol–water partition coefficient (Wildman–Crippen LogP) is 4.08. The lowest BCUT2D eigenvalue weighted by molar-refractivity contribution is -0.142. The zero-order chi connectivity index (χ0) is 23.5. The first kappa shape index (κ1) is 23.8. The molecule has 0 amide bonds. The second-order valence-electron chi connectivity index (χ2n) is 9.28. The van der Waals surface area contributed by atoms with Crippen LogP contribution in [0.15, 0.2) is 35.7 Å². The number of anilines is 1. The van der Waals surface area contributed by atoms with Gasteiger partial charge in [-0.05, 0) is 18.1 Å². The molecule has 2 aromatic rings. The number of hydrogen-bond donors (Lipinski definition) is 1. The van der Waals surface area contributed by atoms with Gasteiger partial charge in [0, 0.05) is 29.1 Å². The van der Waals surface area contributed by atoms with E-state index < -0.39 is 20.9 Å². The Labute approximate surface area is 188 Å². The van der Waals surface area contributed by atoms with E-state index in [1.54, 1.807) is 24.5 Å². The Morgan fingerprint density at radius 3 is 2.50 bits per heavy atom. The molecule has 1 aromatic heterocycles. The molecule has 0 unspecified atom stereocenters. The smallest absolute Gasteiger partial charge is 0.344 e. The summed E-state index contributed by atoms with van der Waals surface area (Å²) in [7, 11) is -1.99. The van der Waals surface area contributed by atoms with E-state index in [0.717, 1.165) is 0 Å². The number of rotatable bonds is 8. The Hall–Kier alpha value is -2.85. The molecule has 0 atom stereocenters. The van der Waals surface area contributed by atoms with Gasteiger partial charge in [0.1, 0.15) is 5.82 Å². The van der Waals surface area contributed by atoms with Crippen molar-refractivity contribution in [3.05, 3.63) is 42.0 Å². The van der Waals surface area contributed by atoms with Gasteiger partial charge in [0.25, 0.3) is 0 Å². The van der Waals surface area contributed by atoms with Gasteiger partial charge in [-0.3, -0.25) is 0 Å². The number of carboxylic acid groups (broad SMARTS) is 1. The van der Waals surface area contributed by atoms with Crippen molar-refractivity contribution in [2.24, 2.45) is 5.16 Å². The minimum absolute atomic E-state index is 0.0502. The van der Waals surface area contributed by atoms with Crippen LogP contribution in [-0.4, -0.2) is 54.8 Å². The fourth-order valence-corrected chi connectivity index (χ4v) is 3.73. The Bertz CT molecular complexity index is 998. The highest BCUT2D eigenvalue weighted by Crippen LogP contribution is 2.37. The predicted molar refractivity (Wildman–Crippen MR) is 123 cm³/mol. The van der Waals surface area contributed by atoms with E-state index in [1.807, 2.05) is 11.0 Å². The zero-order valence-electron chi connectivity index (χ0n) is 19.1. The Kier molecular flexibility index (Phi) is 6.94. The normalized spacial score (nSPS) is 14.2. The Morgan fingerprint density at radius 1 is 1.25 bits per heavy atom. The van der Waals surface area contributed by atoms with E-state index in [-0.39, 0.29) is 17.5 Å². The van der Waals surface area contributed by atoms with Crippen LogP contribution in [0.2, 0.25) is 18.1 Å². The summed E-state index contributed by atoms with van der Waals surface area (Å²) in [5.74, 6) is -0.910. The molecule has 3 rings (SSSR count). The lowest BCUT2D eigenvalue weighted by atomic mass is 10.1. The molecule has 1 aliphatic heterocycles. The molecule has 10 heteroatoms. The van der Waals surface area contributed by atoms with Gasteiger partial charge in [0.15, 0.2) is 8.32 Å². The number of aromatic nitrogens is 2. The summed E-state index contributed by atoms with van der Waals surface area (Å²) in [4.78, 5) is 25.7. The molecule has 1 N–H and O–H groups in total. The largest absolute Gasteiger partial charge is 0.479 e. The third-order valence-corrected chi connectivity index (χ3v) is 10.3. The van der Waals surface area contributed by atoms with Gasteiger partial charge in [0.2, 0.25) is 12.6 Å². The van der Waals surface area contributed by atoms with E-state index in [1.165, 1.54) is 0 Å². The molecule has 172 valence electrons. The quantitative estimate of drug-likeness (QED) is 0.468. The molecule has 0 bridgehead atoms. The van der Waals surface area contributed by atoms with Gasteiger partial charge >= 0.3 is 5.97 Å². The summed E-state index contributed by atoms with van der Waals surface area (Å²) in [6.07, 6.45) is 3.19. The van der Waals surface area contributed by atoms with Gasteiger partial charge in [-0.2, -0.15) is 0 Å². The van der Waals surface area contributed by atoms with Crippen LogP contribution < -0.4 is 4.90 Å². The van der Waals surface area contributed by atoms with Crippen LogP contribution in [0.5, 0.6) is 0 Å². The summed E-state index contributed by atoms with van der Waals surface area (Å²) in [6, 6.07) is 5.26. The van der Waals surface area contributed by atoms with Crippen molar-refractivity contribution in [3.63, 3.8) is 0 Å². The van der Waals surface area contributed by atoms with Gasteiger partial charge in [-0.25, -0.2) is 19.2 Å². The number of oxime groups is 1. The number of carbonyl (C=O) groups is 1. The van der Waals surface area contributed by atoms with Crippen LogP contribution in [0.4, 0.5) is 10.3 Å². The maximum Gasteiger partial charge on any atom is 0.344 e. The second kappa shape index (κ2) is 9.33. The summed E-state index contributed by atoms with van der Waals surface area (Å²) in [5.41, 5.74) is 2.24. The minimum atomic E-state index is -1.99. The minimum Gasteiger partial charge on any atom is -0.479 e. The van der Waals surface area contributed by atoms with Gasteiger partial charge in [-0.15, -0.1) is 0 Å². The van der Waals surface area contributed by atoms with E-state index >= 15 is 4.39 Å². The third kappa shape index (κ3) is 5.49. The molecule has 0 spiro atoms. The molecule has 1 fully saturated rings. The molecule has 0 radical (unpaired) electrons. The van der Waals surface area contributed by atoms with Crippen molar-refractivity contribution in [2.75, 3.05) is 24.6 Å².